The van der Waals surface area contributed by atoms with Gasteiger partial charge in [-0.2, -0.15) is 0 Å². The molecule has 3 rings (SSSR count). The lowest BCUT2D eigenvalue weighted by molar-refractivity contribution is -0.151. The van der Waals surface area contributed by atoms with E-state index in [-0.39, 0.29) is 47.7 Å². The number of aryl methyl sites for hydroxylation is 1. The molecule has 1 aromatic carbocycles. The Labute approximate surface area is 171 Å². The van der Waals surface area contributed by atoms with Crippen LogP contribution in [0, 0.1) is 17.6 Å². The first-order valence-corrected chi connectivity index (χ1v) is 9.74. The zero-order valence-corrected chi connectivity index (χ0v) is 16.5. The van der Waals surface area contributed by atoms with Crippen LogP contribution in [0.3, 0.4) is 0 Å². The van der Waals surface area contributed by atoms with E-state index in [0.717, 1.165) is 12.1 Å². The highest BCUT2D eigenvalue weighted by Crippen LogP contribution is 2.19. The maximum Gasteiger partial charge on any atom is 0.310 e. The lowest BCUT2D eigenvalue weighted by atomic mass is 9.98. The van der Waals surface area contributed by atoms with Crippen LogP contribution in [0.25, 0.3) is 11.4 Å². The van der Waals surface area contributed by atoms with E-state index in [9.17, 15) is 23.2 Å². The highest BCUT2D eigenvalue weighted by Gasteiger charge is 2.29. The quantitative estimate of drug-likeness (QED) is 0.715. The molecule has 0 bridgehead atoms. The summed E-state index contributed by atoms with van der Waals surface area (Å²) in [6.45, 7) is 2.88. The molecule has 1 amide bonds. The molecule has 160 valence electrons. The third-order valence-corrected chi connectivity index (χ3v) is 4.93. The first-order valence-electron chi connectivity index (χ1n) is 9.74. The van der Waals surface area contributed by atoms with Gasteiger partial charge in [-0.1, -0.05) is 0 Å². The lowest BCUT2D eigenvalue weighted by Crippen LogP contribution is -2.43. The average Bonchev–Trinajstić information content (AvgIpc) is 2.75. The second kappa shape index (κ2) is 9.55. The number of hydrogen-bond acceptors (Lipinski definition) is 6. The number of piperidine rings is 1. The van der Waals surface area contributed by atoms with Gasteiger partial charge in [-0.25, -0.2) is 8.78 Å². The minimum absolute atomic E-state index is 0.00212. The van der Waals surface area contributed by atoms with Crippen molar-refractivity contribution in [2.75, 3.05) is 19.7 Å². The third-order valence-electron chi connectivity index (χ3n) is 4.93. The molecule has 10 heteroatoms. The van der Waals surface area contributed by atoms with Crippen LogP contribution in [0.2, 0.25) is 0 Å². The van der Waals surface area contributed by atoms with Crippen molar-refractivity contribution in [2.24, 2.45) is 5.92 Å². The van der Waals surface area contributed by atoms with Gasteiger partial charge in [0.15, 0.2) is 17.5 Å². The molecule has 30 heavy (non-hydrogen) atoms. The maximum absolute atomic E-state index is 13.4. The monoisotopic (exact) mass is 420 g/mol. The Morgan fingerprint density at radius 2 is 2.07 bits per heavy atom. The van der Waals surface area contributed by atoms with Gasteiger partial charge in [-0.05, 0) is 38.0 Å². The predicted octanol–water partition coefficient (Wildman–Crippen LogP) is 1.84. The van der Waals surface area contributed by atoms with Gasteiger partial charge in [-0.15, -0.1) is 10.2 Å². The van der Waals surface area contributed by atoms with E-state index in [4.69, 9.17) is 4.74 Å². The molecule has 1 N–H and O–H groups in total. The minimum atomic E-state index is -1.06. The fourth-order valence-corrected chi connectivity index (χ4v) is 3.34. The van der Waals surface area contributed by atoms with Crippen LogP contribution in [0.4, 0.5) is 8.78 Å². The van der Waals surface area contributed by atoms with Gasteiger partial charge in [0, 0.05) is 31.5 Å². The van der Waals surface area contributed by atoms with Crippen molar-refractivity contribution in [2.45, 2.75) is 32.6 Å². The summed E-state index contributed by atoms with van der Waals surface area (Å²) in [4.78, 5) is 40.7. The van der Waals surface area contributed by atoms with Crippen molar-refractivity contribution in [1.29, 1.82) is 0 Å². The summed E-state index contributed by atoms with van der Waals surface area (Å²) in [6.07, 6.45) is 1.50. The number of esters is 1. The summed E-state index contributed by atoms with van der Waals surface area (Å²) in [7, 11) is 0. The number of benzene rings is 1. The summed E-state index contributed by atoms with van der Waals surface area (Å²) >= 11 is 0. The molecule has 0 radical (unpaired) electrons. The number of nitrogens with zero attached hydrogens (tertiary/aromatic N) is 3. The second-order valence-electron chi connectivity index (χ2n) is 7.01. The number of likely N-dealkylation sites (tertiary alicyclic amines) is 1. The molecule has 8 nitrogen and oxygen atoms in total. The molecular formula is C20H22F2N4O4. The second-order valence-corrected chi connectivity index (χ2v) is 7.01. The van der Waals surface area contributed by atoms with E-state index in [2.05, 4.69) is 15.2 Å². The van der Waals surface area contributed by atoms with Gasteiger partial charge in [0.25, 0.3) is 5.56 Å². The maximum atomic E-state index is 13.4. The highest BCUT2D eigenvalue weighted by molar-refractivity contribution is 5.78. The molecule has 1 unspecified atom stereocenters. The summed E-state index contributed by atoms with van der Waals surface area (Å²) in [5.41, 5.74) is -0.311. The fourth-order valence-electron chi connectivity index (χ4n) is 3.34. The summed E-state index contributed by atoms with van der Waals surface area (Å²) in [5.74, 6) is -2.89. The molecule has 0 saturated carbocycles. The Morgan fingerprint density at radius 1 is 1.27 bits per heavy atom. The Hall–Kier alpha value is -3.17. The van der Waals surface area contributed by atoms with Gasteiger partial charge in [0.1, 0.15) is 5.69 Å². The van der Waals surface area contributed by atoms with Crippen molar-refractivity contribution in [3.8, 4) is 11.4 Å². The number of nitrogens with one attached hydrogen (secondary N) is 1. The number of aromatic nitrogens is 3. The van der Waals surface area contributed by atoms with E-state index in [1.807, 2.05) is 0 Å². The van der Waals surface area contributed by atoms with Gasteiger partial charge in [0.05, 0.1) is 12.5 Å². The van der Waals surface area contributed by atoms with Crippen LogP contribution < -0.4 is 5.56 Å². The molecule has 1 fully saturated rings. The number of rotatable bonds is 6. The van der Waals surface area contributed by atoms with E-state index in [0.29, 0.717) is 32.5 Å². The van der Waals surface area contributed by atoms with Gasteiger partial charge in [-0.3, -0.25) is 14.4 Å². The van der Waals surface area contributed by atoms with Gasteiger partial charge < -0.3 is 14.6 Å². The number of H-pyrrole nitrogens is 1. The molecule has 1 saturated heterocycles. The van der Waals surface area contributed by atoms with Crippen LogP contribution >= 0.6 is 0 Å². The van der Waals surface area contributed by atoms with E-state index < -0.39 is 17.2 Å². The SMILES string of the molecule is CCOC(=O)C1CCCN(C(=O)CCc2nnc(-c3ccc(F)c(F)c3)[nH]c2=O)C1. The van der Waals surface area contributed by atoms with E-state index in [1.54, 1.807) is 11.8 Å². The van der Waals surface area contributed by atoms with Crippen molar-refractivity contribution in [3.05, 3.63) is 45.9 Å². The minimum Gasteiger partial charge on any atom is -0.466 e. The smallest absolute Gasteiger partial charge is 0.310 e. The van der Waals surface area contributed by atoms with Crippen molar-refractivity contribution < 1.29 is 23.1 Å². The summed E-state index contributed by atoms with van der Waals surface area (Å²) in [5, 5.41) is 7.68. The predicted molar refractivity (Wildman–Crippen MR) is 102 cm³/mol. The number of amides is 1. The highest BCUT2D eigenvalue weighted by atomic mass is 19.2. The number of carbonyl (C=O) groups excluding carboxylic acids is 2. The number of carbonyl (C=O) groups is 2. The van der Waals surface area contributed by atoms with Gasteiger partial charge >= 0.3 is 5.97 Å². The van der Waals surface area contributed by atoms with Crippen LogP contribution in [0.15, 0.2) is 23.0 Å². The molecule has 1 aromatic heterocycles. The Kier molecular flexibility index (Phi) is 6.86. The molecule has 0 aliphatic carbocycles. The summed E-state index contributed by atoms with van der Waals surface area (Å²) in [6, 6.07) is 3.12. The van der Waals surface area contributed by atoms with Crippen LogP contribution in [0.5, 0.6) is 0 Å². The Morgan fingerprint density at radius 3 is 2.77 bits per heavy atom. The molecular weight excluding hydrogens is 398 g/mol. The van der Waals surface area contributed by atoms with Crippen molar-refractivity contribution >= 4 is 11.9 Å². The first-order chi connectivity index (χ1) is 14.4. The number of ether oxygens (including phenoxy) is 1. The van der Waals surface area contributed by atoms with Crippen LogP contribution in [0.1, 0.15) is 31.9 Å². The van der Waals surface area contributed by atoms with E-state index >= 15 is 0 Å². The van der Waals surface area contributed by atoms with Crippen molar-refractivity contribution in [3.63, 3.8) is 0 Å². The van der Waals surface area contributed by atoms with E-state index in [1.165, 1.54) is 6.07 Å². The first kappa shape index (κ1) is 21.5. The molecule has 2 heterocycles. The zero-order chi connectivity index (χ0) is 21.7. The standard InChI is InChI=1S/C20H22F2N4O4/c1-2-30-20(29)13-4-3-9-26(11-13)17(27)8-7-16-19(28)23-18(25-24-16)12-5-6-14(21)15(22)10-12/h5-6,10,13H,2-4,7-9,11H2,1H3,(H,23,25,28). The molecule has 1 aliphatic heterocycles. The number of aromatic amines is 1. The molecule has 0 spiro atoms. The number of halogens is 2. The average molecular weight is 420 g/mol. The molecule has 1 aliphatic rings. The van der Waals surface area contributed by atoms with Crippen molar-refractivity contribution in [1.82, 2.24) is 20.1 Å². The summed E-state index contributed by atoms with van der Waals surface area (Å²) < 4.78 is 31.4. The number of hydrogen-bond donors (Lipinski definition) is 1. The van der Waals surface area contributed by atoms with Crippen LogP contribution in [-0.2, 0) is 20.7 Å². The Balaban J connectivity index is 1.61. The molecule has 2 aromatic rings. The largest absolute Gasteiger partial charge is 0.466 e. The van der Waals surface area contributed by atoms with Gasteiger partial charge in [0.2, 0.25) is 5.91 Å². The third kappa shape index (κ3) is 5.05. The van der Waals surface area contributed by atoms with Crippen LogP contribution in [-0.4, -0.2) is 51.7 Å². The lowest BCUT2D eigenvalue weighted by Gasteiger charge is -2.31. The molecule has 1 atom stereocenters. The normalized spacial score (nSPS) is 16.4. The topological polar surface area (TPSA) is 105 Å². The Bertz CT molecular complexity index is 995. The zero-order valence-electron chi connectivity index (χ0n) is 16.5. The fraction of sp³-hybridized carbons (Fsp3) is 0.450.